The van der Waals surface area contributed by atoms with Crippen molar-refractivity contribution in [2.24, 2.45) is 0 Å². The van der Waals surface area contributed by atoms with Crippen LogP contribution in [0.4, 0.5) is 0 Å². The molecule has 1 unspecified atom stereocenters. The largest absolute Gasteiger partial charge is 0.468 e. The van der Waals surface area contributed by atoms with Gasteiger partial charge in [-0.3, -0.25) is 9.69 Å². The summed E-state index contributed by atoms with van der Waals surface area (Å²) in [5.41, 5.74) is 0. The van der Waals surface area contributed by atoms with E-state index in [2.05, 4.69) is 4.90 Å². The molecule has 24 heavy (non-hydrogen) atoms. The fraction of sp³-hybridized carbons (Fsp3) is 0.533. The maximum absolute atomic E-state index is 13.0. The lowest BCUT2D eigenvalue weighted by molar-refractivity contribution is -0.144. The molecule has 2 aliphatic heterocycles. The first-order valence-electron chi connectivity index (χ1n) is 7.63. The van der Waals surface area contributed by atoms with E-state index in [9.17, 15) is 13.2 Å². The lowest BCUT2D eigenvalue weighted by Crippen LogP contribution is -2.46. The molecule has 1 aromatic carbocycles. The molecule has 0 aliphatic carbocycles. The van der Waals surface area contributed by atoms with Crippen molar-refractivity contribution in [2.45, 2.75) is 29.8 Å². The fourth-order valence-corrected chi connectivity index (χ4v) is 5.54. The standard InChI is InChI=1S/C15H18Cl2N2O4S/c1-23-15(20)14-8-12(18-3-2-4-18)9-19(14)24(21,22)13-6-10(16)5-11(17)7-13/h5-7,12,14H,2-4,8-9H2,1H3/t12?,14-/m0/s1. The number of carbonyl (C=O) groups is 1. The summed E-state index contributed by atoms with van der Waals surface area (Å²) in [6.07, 6.45) is 1.52. The van der Waals surface area contributed by atoms with Crippen LogP contribution in [0.15, 0.2) is 23.1 Å². The van der Waals surface area contributed by atoms with Crippen LogP contribution in [0.5, 0.6) is 0 Å². The molecule has 2 atom stereocenters. The summed E-state index contributed by atoms with van der Waals surface area (Å²) < 4.78 is 32.1. The van der Waals surface area contributed by atoms with Crippen LogP contribution in [0.2, 0.25) is 10.0 Å². The molecule has 0 aromatic heterocycles. The van der Waals surface area contributed by atoms with E-state index in [1.807, 2.05) is 0 Å². The zero-order chi connectivity index (χ0) is 17.5. The number of hydrogen-bond donors (Lipinski definition) is 0. The first-order valence-corrected chi connectivity index (χ1v) is 9.82. The molecule has 132 valence electrons. The van der Waals surface area contributed by atoms with Crippen LogP contribution >= 0.6 is 23.2 Å². The lowest BCUT2D eigenvalue weighted by Gasteiger charge is -2.36. The number of rotatable bonds is 4. The molecule has 0 amide bonds. The normalized spacial score (nSPS) is 25.5. The Balaban J connectivity index is 1.95. The lowest BCUT2D eigenvalue weighted by atomic mass is 10.1. The van der Waals surface area contributed by atoms with Crippen LogP contribution in [-0.4, -0.2) is 62.4 Å². The van der Waals surface area contributed by atoms with Crippen LogP contribution in [-0.2, 0) is 19.6 Å². The van der Waals surface area contributed by atoms with Gasteiger partial charge < -0.3 is 4.74 Å². The molecule has 6 nitrogen and oxygen atoms in total. The molecule has 0 saturated carbocycles. The van der Waals surface area contributed by atoms with Gasteiger partial charge in [-0.1, -0.05) is 23.2 Å². The summed E-state index contributed by atoms with van der Waals surface area (Å²) in [4.78, 5) is 14.3. The minimum atomic E-state index is -3.90. The van der Waals surface area contributed by atoms with Gasteiger partial charge in [-0.2, -0.15) is 4.31 Å². The zero-order valence-electron chi connectivity index (χ0n) is 13.1. The van der Waals surface area contributed by atoms with E-state index in [4.69, 9.17) is 27.9 Å². The van der Waals surface area contributed by atoms with Crippen LogP contribution < -0.4 is 0 Å². The average Bonchev–Trinajstić information content (AvgIpc) is 2.89. The summed E-state index contributed by atoms with van der Waals surface area (Å²) >= 11 is 11.9. The van der Waals surface area contributed by atoms with E-state index in [-0.39, 0.29) is 27.5 Å². The number of hydrogen-bond acceptors (Lipinski definition) is 5. The third-order valence-corrected chi connectivity index (χ3v) is 6.85. The molecule has 9 heteroatoms. The maximum atomic E-state index is 13.0. The molecular weight excluding hydrogens is 375 g/mol. The third-order valence-electron chi connectivity index (χ3n) is 4.56. The van der Waals surface area contributed by atoms with Gasteiger partial charge in [0, 0.05) is 22.6 Å². The van der Waals surface area contributed by atoms with Crippen LogP contribution in [0, 0.1) is 0 Å². The summed E-state index contributed by atoms with van der Waals surface area (Å²) in [5.74, 6) is -0.547. The molecular formula is C15H18Cl2N2O4S. The van der Waals surface area contributed by atoms with Crippen molar-refractivity contribution < 1.29 is 17.9 Å². The van der Waals surface area contributed by atoms with Gasteiger partial charge in [0.05, 0.1) is 12.0 Å². The van der Waals surface area contributed by atoms with Crippen molar-refractivity contribution in [2.75, 3.05) is 26.7 Å². The van der Waals surface area contributed by atoms with Crippen LogP contribution in [0.3, 0.4) is 0 Å². The Kier molecular flexibility index (Phi) is 5.09. The number of carbonyl (C=O) groups excluding carboxylic acids is 1. The minimum absolute atomic E-state index is 0.0156. The van der Waals surface area contributed by atoms with Gasteiger partial charge in [0.15, 0.2) is 0 Å². The van der Waals surface area contributed by atoms with Crippen molar-refractivity contribution in [3.8, 4) is 0 Å². The van der Waals surface area contributed by atoms with Gasteiger partial charge in [0.25, 0.3) is 0 Å². The highest BCUT2D eigenvalue weighted by Gasteiger charge is 2.47. The predicted octanol–water partition coefficient (Wildman–Crippen LogP) is 2.00. The Morgan fingerprint density at radius 3 is 2.33 bits per heavy atom. The van der Waals surface area contributed by atoms with E-state index in [1.165, 1.54) is 29.6 Å². The Morgan fingerprint density at radius 1 is 1.21 bits per heavy atom. The Bertz CT molecular complexity index is 732. The zero-order valence-corrected chi connectivity index (χ0v) is 15.4. The molecule has 2 aliphatic rings. The summed E-state index contributed by atoms with van der Waals surface area (Å²) in [7, 11) is -2.64. The van der Waals surface area contributed by atoms with Gasteiger partial charge in [-0.25, -0.2) is 8.42 Å². The first kappa shape index (κ1) is 17.9. The second-order valence-corrected chi connectivity index (χ2v) is 8.76. The van der Waals surface area contributed by atoms with Crippen molar-refractivity contribution in [1.29, 1.82) is 0 Å². The number of ether oxygens (including phenoxy) is 1. The first-order chi connectivity index (χ1) is 11.3. The predicted molar refractivity (Wildman–Crippen MR) is 90.8 cm³/mol. The minimum Gasteiger partial charge on any atom is -0.468 e. The van der Waals surface area contributed by atoms with E-state index >= 15 is 0 Å². The van der Waals surface area contributed by atoms with Crippen molar-refractivity contribution >= 4 is 39.2 Å². The number of esters is 1. The molecule has 0 spiro atoms. The fourth-order valence-electron chi connectivity index (χ4n) is 3.18. The number of likely N-dealkylation sites (tertiary alicyclic amines) is 1. The molecule has 2 heterocycles. The number of sulfonamides is 1. The second kappa shape index (κ2) is 6.80. The van der Waals surface area contributed by atoms with Crippen molar-refractivity contribution in [3.05, 3.63) is 28.2 Å². The van der Waals surface area contributed by atoms with E-state index in [0.29, 0.717) is 6.42 Å². The van der Waals surface area contributed by atoms with Crippen molar-refractivity contribution in [3.63, 3.8) is 0 Å². The third kappa shape index (κ3) is 3.28. The molecule has 2 saturated heterocycles. The smallest absolute Gasteiger partial charge is 0.324 e. The van der Waals surface area contributed by atoms with E-state index in [1.54, 1.807) is 0 Å². The Labute approximate surface area is 151 Å². The summed E-state index contributed by atoms with van der Waals surface area (Å²) in [6, 6.07) is 3.34. The number of benzene rings is 1. The van der Waals surface area contributed by atoms with E-state index in [0.717, 1.165) is 19.5 Å². The maximum Gasteiger partial charge on any atom is 0.324 e. The highest BCUT2D eigenvalue weighted by atomic mass is 35.5. The highest BCUT2D eigenvalue weighted by Crippen LogP contribution is 2.33. The summed E-state index contributed by atoms with van der Waals surface area (Å²) in [6.45, 7) is 2.11. The van der Waals surface area contributed by atoms with Gasteiger partial charge in [0.2, 0.25) is 10.0 Å². The molecule has 0 bridgehead atoms. The number of halogens is 2. The molecule has 0 radical (unpaired) electrons. The van der Waals surface area contributed by atoms with Gasteiger partial charge in [-0.05, 0) is 44.1 Å². The second-order valence-electron chi connectivity index (χ2n) is 6.00. The Hall–Kier alpha value is -0.860. The molecule has 3 rings (SSSR count). The van der Waals surface area contributed by atoms with E-state index < -0.39 is 22.0 Å². The molecule has 1 aromatic rings. The van der Waals surface area contributed by atoms with Crippen LogP contribution in [0.25, 0.3) is 0 Å². The van der Waals surface area contributed by atoms with Gasteiger partial charge in [0.1, 0.15) is 6.04 Å². The average molecular weight is 393 g/mol. The SMILES string of the molecule is COC(=O)[C@@H]1CC(N2CCC2)CN1S(=O)(=O)c1cc(Cl)cc(Cl)c1. The van der Waals surface area contributed by atoms with Gasteiger partial charge in [-0.15, -0.1) is 0 Å². The number of methoxy groups -OCH3 is 1. The molecule has 0 N–H and O–H groups in total. The van der Waals surface area contributed by atoms with Gasteiger partial charge >= 0.3 is 5.97 Å². The Morgan fingerprint density at radius 2 is 1.83 bits per heavy atom. The van der Waals surface area contributed by atoms with Crippen LogP contribution in [0.1, 0.15) is 12.8 Å². The summed E-state index contributed by atoms with van der Waals surface area (Å²) in [5, 5.41) is 0.461. The quantitative estimate of drug-likeness (QED) is 0.733. The topological polar surface area (TPSA) is 66.9 Å². The van der Waals surface area contributed by atoms with Crippen molar-refractivity contribution in [1.82, 2.24) is 9.21 Å². The molecule has 2 fully saturated rings. The monoisotopic (exact) mass is 392 g/mol. The number of nitrogens with zero attached hydrogens (tertiary/aromatic N) is 2. The highest BCUT2D eigenvalue weighted by molar-refractivity contribution is 7.89.